The van der Waals surface area contributed by atoms with Crippen LogP contribution in [0.5, 0.6) is 0 Å². The first-order valence-corrected chi connectivity index (χ1v) is 8.58. The quantitative estimate of drug-likeness (QED) is 0.650. The monoisotopic (exact) mass is 326 g/mol. The lowest BCUT2D eigenvalue weighted by Crippen LogP contribution is -2.44. The third-order valence-electron chi connectivity index (χ3n) is 4.37. The number of ether oxygens (including phenoxy) is 1. The molecule has 1 aliphatic heterocycles. The highest BCUT2D eigenvalue weighted by Gasteiger charge is 2.09. The van der Waals surface area contributed by atoms with Gasteiger partial charge in [0, 0.05) is 39.8 Å². The number of fused-ring (bicyclic) bond motifs is 1. The number of morpholine rings is 1. The van der Waals surface area contributed by atoms with E-state index in [1.165, 1.54) is 16.3 Å². The summed E-state index contributed by atoms with van der Waals surface area (Å²) in [6.07, 6.45) is 0. The fraction of sp³-hybridized carbons (Fsp3) is 0.421. The average molecular weight is 326 g/mol. The Labute approximate surface area is 143 Å². The van der Waals surface area contributed by atoms with Crippen molar-refractivity contribution in [2.24, 2.45) is 4.99 Å². The van der Waals surface area contributed by atoms with Crippen LogP contribution in [0.2, 0.25) is 0 Å². The maximum absolute atomic E-state index is 5.37. The minimum absolute atomic E-state index is 0.762. The Bertz CT molecular complexity index is 675. The van der Waals surface area contributed by atoms with Crippen molar-refractivity contribution in [3.8, 4) is 0 Å². The van der Waals surface area contributed by atoms with Crippen LogP contribution in [0.4, 0.5) is 0 Å². The van der Waals surface area contributed by atoms with Crippen molar-refractivity contribution in [2.45, 2.75) is 6.54 Å². The zero-order valence-electron chi connectivity index (χ0n) is 14.3. The molecule has 1 heterocycles. The molecule has 0 atom stereocenters. The van der Waals surface area contributed by atoms with E-state index in [1.54, 1.807) is 0 Å². The lowest BCUT2D eigenvalue weighted by atomic mass is 10.0. The maximum atomic E-state index is 5.37. The van der Waals surface area contributed by atoms with Crippen LogP contribution >= 0.6 is 0 Å². The molecular weight excluding hydrogens is 300 g/mol. The summed E-state index contributed by atoms with van der Waals surface area (Å²) < 4.78 is 5.37. The fourth-order valence-electron chi connectivity index (χ4n) is 3.00. The summed E-state index contributed by atoms with van der Waals surface area (Å²) in [6, 6.07) is 14.9. The van der Waals surface area contributed by atoms with E-state index >= 15 is 0 Å². The first-order chi connectivity index (χ1) is 11.9. The van der Waals surface area contributed by atoms with Gasteiger partial charge in [0.05, 0.1) is 13.2 Å². The van der Waals surface area contributed by atoms with Crippen LogP contribution in [-0.4, -0.2) is 57.3 Å². The summed E-state index contributed by atoms with van der Waals surface area (Å²) in [7, 11) is 1.81. The van der Waals surface area contributed by atoms with Crippen LogP contribution in [0.15, 0.2) is 47.5 Å². The van der Waals surface area contributed by atoms with Crippen molar-refractivity contribution < 1.29 is 4.74 Å². The molecule has 128 valence electrons. The Balaban J connectivity index is 1.50. The second kappa shape index (κ2) is 8.66. The van der Waals surface area contributed by atoms with Crippen molar-refractivity contribution in [3.63, 3.8) is 0 Å². The summed E-state index contributed by atoms with van der Waals surface area (Å²) in [6.45, 7) is 6.38. The molecule has 24 heavy (non-hydrogen) atoms. The molecule has 5 nitrogen and oxygen atoms in total. The van der Waals surface area contributed by atoms with Gasteiger partial charge in [0.15, 0.2) is 5.96 Å². The van der Waals surface area contributed by atoms with Crippen LogP contribution in [0.1, 0.15) is 5.56 Å². The highest BCUT2D eigenvalue weighted by Crippen LogP contribution is 2.18. The lowest BCUT2D eigenvalue weighted by molar-refractivity contribution is 0.0389. The standard InChI is InChI=1S/C19H26N4O/c1-20-19(21-9-10-23-11-13-24-14-12-23)22-15-17-7-4-6-16-5-2-3-8-18(16)17/h2-8H,9-15H2,1H3,(H2,20,21,22). The third-order valence-corrected chi connectivity index (χ3v) is 4.37. The molecule has 1 fully saturated rings. The van der Waals surface area contributed by atoms with Gasteiger partial charge in [-0.2, -0.15) is 0 Å². The smallest absolute Gasteiger partial charge is 0.191 e. The number of rotatable bonds is 5. The largest absolute Gasteiger partial charge is 0.379 e. The Kier molecular flexibility index (Phi) is 6.04. The van der Waals surface area contributed by atoms with Gasteiger partial charge < -0.3 is 15.4 Å². The van der Waals surface area contributed by atoms with E-state index in [2.05, 4.69) is 63.0 Å². The number of aliphatic imine (C=N–C) groups is 1. The molecule has 1 saturated heterocycles. The van der Waals surface area contributed by atoms with Gasteiger partial charge in [-0.15, -0.1) is 0 Å². The predicted octanol–water partition coefficient (Wildman–Crippen LogP) is 1.84. The van der Waals surface area contributed by atoms with Crippen LogP contribution in [-0.2, 0) is 11.3 Å². The number of hydrogen-bond acceptors (Lipinski definition) is 3. The molecule has 2 aromatic carbocycles. The van der Waals surface area contributed by atoms with Crippen LogP contribution in [0.3, 0.4) is 0 Å². The van der Waals surface area contributed by atoms with E-state index in [-0.39, 0.29) is 0 Å². The van der Waals surface area contributed by atoms with Gasteiger partial charge >= 0.3 is 0 Å². The molecule has 2 N–H and O–H groups in total. The SMILES string of the molecule is CN=C(NCCN1CCOCC1)NCc1cccc2ccccc12. The van der Waals surface area contributed by atoms with Gasteiger partial charge in [0.1, 0.15) is 0 Å². The first kappa shape index (κ1) is 16.7. The Morgan fingerprint density at radius 3 is 2.71 bits per heavy atom. The molecule has 1 aliphatic rings. The highest BCUT2D eigenvalue weighted by atomic mass is 16.5. The summed E-state index contributed by atoms with van der Waals surface area (Å²) in [5, 5.41) is 9.36. The maximum Gasteiger partial charge on any atom is 0.191 e. The summed E-state index contributed by atoms with van der Waals surface area (Å²) >= 11 is 0. The number of nitrogens with zero attached hydrogens (tertiary/aromatic N) is 2. The number of benzene rings is 2. The highest BCUT2D eigenvalue weighted by molar-refractivity contribution is 5.86. The van der Waals surface area contributed by atoms with Crippen molar-refractivity contribution in [1.29, 1.82) is 0 Å². The zero-order valence-corrected chi connectivity index (χ0v) is 14.3. The molecule has 0 amide bonds. The molecule has 2 aromatic rings. The van der Waals surface area contributed by atoms with Gasteiger partial charge in [-0.25, -0.2) is 0 Å². The van der Waals surface area contributed by atoms with E-state index in [4.69, 9.17) is 4.74 Å². The van der Waals surface area contributed by atoms with Crippen molar-refractivity contribution >= 4 is 16.7 Å². The molecular formula is C19H26N4O. The van der Waals surface area contributed by atoms with Gasteiger partial charge in [-0.3, -0.25) is 9.89 Å². The minimum atomic E-state index is 0.762. The average Bonchev–Trinajstić information content (AvgIpc) is 2.65. The predicted molar refractivity (Wildman–Crippen MR) is 99.4 cm³/mol. The molecule has 0 spiro atoms. The molecule has 3 rings (SSSR count). The zero-order chi connectivity index (χ0) is 16.6. The normalized spacial score (nSPS) is 16.3. The molecule has 0 bridgehead atoms. The summed E-state index contributed by atoms with van der Waals surface area (Å²) in [5.41, 5.74) is 1.28. The number of nitrogens with one attached hydrogen (secondary N) is 2. The Morgan fingerprint density at radius 1 is 1.08 bits per heavy atom. The molecule has 0 unspecified atom stereocenters. The van der Waals surface area contributed by atoms with E-state index in [9.17, 15) is 0 Å². The van der Waals surface area contributed by atoms with E-state index in [1.807, 2.05) is 7.05 Å². The molecule has 0 aliphatic carbocycles. The van der Waals surface area contributed by atoms with Gasteiger partial charge in [0.2, 0.25) is 0 Å². The van der Waals surface area contributed by atoms with Crippen molar-refractivity contribution in [2.75, 3.05) is 46.4 Å². The van der Waals surface area contributed by atoms with Crippen LogP contribution in [0, 0.1) is 0 Å². The Morgan fingerprint density at radius 2 is 1.88 bits per heavy atom. The summed E-state index contributed by atoms with van der Waals surface area (Å²) in [5.74, 6) is 0.844. The van der Waals surface area contributed by atoms with Gasteiger partial charge in [0.25, 0.3) is 0 Å². The number of hydrogen-bond donors (Lipinski definition) is 2. The van der Waals surface area contributed by atoms with E-state index in [0.717, 1.165) is 51.9 Å². The molecule has 0 aromatic heterocycles. The van der Waals surface area contributed by atoms with Crippen LogP contribution in [0.25, 0.3) is 10.8 Å². The minimum Gasteiger partial charge on any atom is -0.379 e. The fourth-order valence-corrected chi connectivity index (χ4v) is 3.00. The van der Waals surface area contributed by atoms with Crippen molar-refractivity contribution in [1.82, 2.24) is 15.5 Å². The summed E-state index contributed by atoms with van der Waals surface area (Å²) in [4.78, 5) is 6.73. The van der Waals surface area contributed by atoms with E-state index in [0.29, 0.717) is 0 Å². The topological polar surface area (TPSA) is 48.9 Å². The third kappa shape index (κ3) is 4.46. The molecule has 0 saturated carbocycles. The molecule has 0 radical (unpaired) electrons. The number of guanidine groups is 1. The first-order valence-electron chi connectivity index (χ1n) is 8.58. The van der Waals surface area contributed by atoms with Crippen molar-refractivity contribution in [3.05, 3.63) is 48.0 Å². The second-order valence-corrected chi connectivity index (χ2v) is 5.94. The van der Waals surface area contributed by atoms with Gasteiger partial charge in [-0.1, -0.05) is 42.5 Å². The van der Waals surface area contributed by atoms with Gasteiger partial charge in [-0.05, 0) is 16.3 Å². The second-order valence-electron chi connectivity index (χ2n) is 5.94. The van der Waals surface area contributed by atoms with E-state index < -0.39 is 0 Å². The molecule has 5 heteroatoms. The van der Waals surface area contributed by atoms with Crippen LogP contribution < -0.4 is 10.6 Å². The Hall–Kier alpha value is -2.11. The lowest BCUT2D eigenvalue weighted by Gasteiger charge is -2.26.